The maximum atomic E-state index is 13.0. The van der Waals surface area contributed by atoms with Gasteiger partial charge >= 0.3 is 0 Å². The molecule has 8 heteroatoms. The molecule has 0 atom stereocenters. The van der Waals surface area contributed by atoms with Crippen LogP contribution in [0.3, 0.4) is 0 Å². The van der Waals surface area contributed by atoms with E-state index in [-0.39, 0.29) is 0 Å². The fourth-order valence-electron chi connectivity index (χ4n) is 3.06. The number of halogens is 2. The summed E-state index contributed by atoms with van der Waals surface area (Å²) in [7, 11) is 1.61. The third kappa shape index (κ3) is 4.66. The van der Waals surface area contributed by atoms with Crippen LogP contribution in [-0.4, -0.2) is 29.0 Å². The van der Waals surface area contributed by atoms with Gasteiger partial charge in [0, 0.05) is 11.1 Å². The monoisotopic (exact) mass is 464 g/mol. The number of hydrazone groups is 1. The molecule has 32 heavy (non-hydrogen) atoms. The van der Waals surface area contributed by atoms with Crippen LogP contribution in [0.2, 0.25) is 10.0 Å². The number of ether oxygens (including phenoxy) is 1. The van der Waals surface area contributed by atoms with Gasteiger partial charge in [-0.15, -0.1) is 0 Å². The van der Waals surface area contributed by atoms with E-state index in [1.807, 2.05) is 54.6 Å². The molecule has 4 aromatic rings. The average Bonchev–Trinajstić information content (AvgIpc) is 3.27. The van der Waals surface area contributed by atoms with Crippen LogP contribution < -0.4 is 10.2 Å². The van der Waals surface area contributed by atoms with Gasteiger partial charge in [0.2, 0.25) is 0 Å². The lowest BCUT2D eigenvalue weighted by Gasteiger charge is -2.06. The van der Waals surface area contributed by atoms with Gasteiger partial charge < -0.3 is 4.74 Å². The second-order valence-electron chi connectivity index (χ2n) is 6.73. The van der Waals surface area contributed by atoms with Crippen LogP contribution in [-0.2, 0) is 0 Å². The molecule has 4 rings (SSSR count). The van der Waals surface area contributed by atoms with Crippen molar-refractivity contribution in [3.05, 3.63) is 100 Å². The predicted octanol–water partition coefficient (Wildman–Crippen LogP) is 5.62. The molecule has 0 aliphatic heterocycles. The minimum atomic E-state index is -0.430. The van der Waals surface area contributed by atoms with Crippen LogP contribution in [0.5, 0.6) is 5.75 Å². The molecule has 1 amide bonds. The molecule has 0 bridgehead atoms. The largest absolute Gasteiger partial charge is 0.497 e. The molecule has 1 aromatic heterocycles. The van der Waals surface area contributed by atoms with E-state index in [2.05, 4.69) is 15.6 Å². The second-order valence-corrected chi connectivity index (χ2v) is 7.54. The van der Waals surface area contributed by atoms with E-state index in [9.17, 15) is 4.79 Å². The number of para-hydroxylation sites is 1. The van der Waals surface area contributed by atoms with Crippen molar-refractivity contribution in [1.29, 1.82) is 0 Å². The number of rotatable bonds is 6. The Kier molecular flexibility index (Phi) is 6.54. The normalized spacial score (nSPS) is 11.0. The quantitative estimate of drug-likeness (QED) is 0.297. The lowest BCUT2D eigenvalue weighted by molar-refractivity contribution is 0.0947. The van der Waals surface area contributed by atoms with Gasteiger partial charge in [0.25, 0.3) is 5.91 Å². The molecule has 0 saturated heterocycles. The molecule has 0 fully saturated rings. The van der Waals surface area contributed by atoms with Crippen molar-refractivity contribution in [1.82, 2.24) is 15.2 Å². The molecule has 1 N–H and O–H groups in total. The highest BCUT2D eigenvalue weighted by molar-refractivity contribution is 6.38. The molecule has 0 spiro atoms. The topological polar surface area (TPSA) is 68.5 Å². The zero-order valence-electron chi connectivity index (χ0n) is 17.0. The molecule has 0 aliphatic carbocycles. The molecule has 160 valence electrons. The Balaban J connectivity index is 1.66. The van der Waals surface area contributed by atoms with E-state index in [1.165, 1.54) is 6.21 Å². The second kappa shape index (κ2) is 9.68. The molecule has 0 saturated carbocycles. The van der Waals surface area contributed by atoms with Crippen molar-refractivity contribution in [3.63, 3.8) is 0 Å². The van der Waals surface area contributed by atoms with Crippen molar-refractivity contribution in [2.24, 2.45) is 5.10 Å². The molecule has 1 heterocycles. The molecular formula is C24H18Cl2N4O2. The number of hydrogen-bond donors (Lipinski definition) is 1. The van der Waals surface area contributed by atoms with Crippen LogP contribution in [0, 0.1) is 0 Å². The van der Waals surface area contributed by atoms with Gasteiger partial charge in [0.05, 0.1) is 34.8 Å². The van der Waals surface area contributed by atoms with E-state index in [1.54, 1.807) is 36.1 Å². The van der Waals surface area contributed by atoms with Gasteiger partial charge in [-0.2, -0.15) is 10.2 Å². The first-order valence-electron chi connectivity index (χ1n) is 9.64. The molecule has 0 aliphatic rings. The number of aromatic nitrogens is 2. The van der Waals surface area contributed by atoms with Crippen LogP contribution >= 0.6 is 23.2 Å². The maximum Gasteiger partial charge on any atom is 0.290 e. The Hall–Kier alpha value is -3.61. The highest BCUT2D eigenvalue weighted by atomic mass is 35.5. The highest BCUT2D eigenvalue weighted by Crippen LogP contribution is 2.24. The maximum absolute atomic E-state index is 13.0. The van der Waals surface area contributed by atoms with Gasteiger partial charge in [-0.25, -0.2) is 10.1 Å². The first-order chi connectivity index (χ1) is 15.6. The van der Waals surface area contributed by atoms with E-state index in [0.717, 1.165) is 17.0 Å². The minimum absolute atomic E-state index is 0.324. The van der Waals surface area contributed by atoms with Crippen molar-refractivity contribution >= 4 is 35.3 Å². The number of benzene rings is 3. The summed E-state index contributed by atoms with van der Waals surface area (Å²) in [5.41, 5.74) is 5.60. The summed E-state index contributed by atoms with van der Waals surface area (Å²) < 4.78 is 6.79. The summed E-state index contributed by atoms with van der Waals surface area (Å²) in [5, 5.41) is 9.54. The number of methoxy groups -OCH3 is 1. The zero-order chi connectivity index (χ0) is 22.5. The average molecular weight is 465 g/mol. The minimum Gasteiger partial charge on any atom is -0.497 e. The van der Waals surface area contributed by atoms with E-state index in [4.69, 9.17) is 27.9 Å². The van der Waals surface area contributed by atoms with Crippen LogP contribution in [0.15, 0.2) is 84.0 Å². The molecule has 6 nitrogen and oxygen atoms in total. The van der Waals surface area contributed by atoms with Crippen LogP contribution in [0.25, 0.3) is 16.9 Å². The molecule has 0 unspecified atom stereocenters. The van der Waals surface area contributed by atoms with Gasteiger partial charge in [-0.1, -0.05) is 47.5 Å². The molecular weight excluding hydrogens is 447 g/mol. The Morgan fingerprint density at radius 3 is 2.34 bits per heavy atom. The Morgan fingerprint density at radius 2 is 1.69 bits per heavy atom. The zero-order valence-corrected chi connectivity index (χ0v) is 18.5. The summed E-state index contributed by atoms with van der Waals surface area (Å²) in [6.45, 7) is 0. The Bertz CT molecular complexity index is 1250. The number of nitrogens with zero attached hydrogens (tertiary/aromatic N) is 3. The number of carbonyl (C=O) groups excluding carboxylic acids is 1. The smallest absolute Gasteiger partial charge is 0.290 e. The fourth-order valence-corrected chi connectivity index (χ4v) is 3.55. The summed E-state index contributed by atoms with van der Waals surface area (Å²) >= 11 is 12.3. The summed E-state index contributed by atoms with van der Waals surface area (Å²) in [5.74, 6) is 0.308. The molecule has 3 aromatic carbocycles. The summed E-state index contributed by atoms with van der Waals surface area (Å²) in [4.78, 5) is 13.0. The van der Waals surface area contributed by atoms with Crippen molar-refractivity contribution in [3.8, 4) is 22.7 Å². The van der Waals surface area contributed by atoms with Gasteiger partial charge in [0.15, 0.2) is 0 Å². The van der Waals surface area contributed by atoms with Gasteiger partial charge in [0.1, 0.15) is 11.4 Å². The third-order valence-electron chi connectivity index (χ3n) is 4.69. The lowest BCUT2D eigenvalue weighted by atomic mass is 10.1. The lowest BCUT2D eigenvalue weighted by Crippen LogP contribution is -2.21. The summed E-state index contributed by atoms with van der Waals surface area (Å²) in [6.07, 6.45) is 1.41. The van der Waals surface area contributed by atoms with E-state index in [0.29, 0.717) is 27.0 Å². The third-order valence-corrected chi connectivity index (χ3v) is 5.35. The summed E-state index contributed by atoms with van der Waals surface area (Å²) in [6, 6.07) is 23.7. The van der Waals surface area contributed by atoms with Crippen LogP contribution in [0.4, 0.5) is 0 Å². The fraction of sp³-hybridized carbons (Fsp3) is 0.0417. The van der Waals surface area contributed by atoms with Crippen molar-refractivity contribution in [2.45, 2.75) is 0 Å². The Morgan fingerprint density at radius 1 is 1.00 bits per heavy atom. The van der Waals surface area contributed by atoms with Gasteiger partial charge in [-0.05, 0) is 54.6 Å². The number of hydrogen-bond acceptors (Lipinski definition) is 4. The highest BCUT2D eigenvalue weighted by Gasteiger charge is 2.17. The predicted molar refractivity (Wildman–Crippen MR) is 127 cm³/mol. The number of carbonyl (C=O) groups is 1. The standard InChI is InChI=1S/C24H18Cl2N4O2/c1-32-18-12-10-16(11-13-18)22-14-23(30(29-22)17-6-3-2-4-7-17)24(31)28-27-15-19-20(25)8-5-9-21(19)26/h2-15H,1H3,(H,28,31). The first kappa shape index (κ1) is 21.6. The number of nitrogens with one attached hydrogen (secondary N) is 1. The molecule has 0 radical (unpaired) electrons. The SMILES string of the molecule is COc1ccc(-c2cc(C(=O)NN=Cc3c(Cl)cccc3Cl)n(-c3ccccc3)n2)cc1. The van der Waals surface area contributed by atoms with Crippen molar-refractivity contribution in [2.75, 3.05) is 7.11 Å². The van der Waals surface area contributed by atoms with Gasteiger partial charge in [-0.3, -0.25) is 4.79 Å². The van der Waals surface area contributed by atoms with Crippen LogP contribution in [0.1, 0.15) is 16.1 Å². The number of amides is 1. The van der Waals surface area contributed by atoms with E-state index < -0.39 is 5.91 Å². The Labute approximate surface area is 195 Å². The van der Waals surface area contributed by atoms with E-state index >= 15 is 0 Å². The first-order valence-corrected chi connectivity index (χ1v) is 10.4. The van der Waals surface area contributed by atoms with Crippen molar-refractivity contribution < 1.29 is 9.53 Å².